The topological polar surface area (TPSA) is 84.1 Å². The molecule has 0 aliphatic carbocycles. The van der Waals surface area contributed by atoms with Crippen LogP contribution < -0.4 is 11.1 Å². The Balaban J connectivity index is 1.81. The molecule has 0 unspecified atom stereocenters. The zero-order valence-electron chi connectivity index (χ0n) is 15.6. The van der Waals surface area contributed by atoms with E-state index >= 15 is 0 Å². The summed E-state index contributed by atoms with van der Waals surface area (Å²) in [6.07, 6.45) is 0.881. The molecule has 28 heavy (non-hydrogen) atoms. The number of rotatable bonds is 6. The summed E-state index contributed by atoms with van der Waals surface area (Å²) in [7, 11) is 0. The minimum Gasteiger partial charge on any atom is -0.507 e. The van der Waals surface area contributed by atoms with Crippen molar-refractivity contribution in [2.45, 2.75) is 19.4 Å². The number of fused-ring (bicyclic) bond motifs is 1. The van der Waals surface area contributed by atoms with E-state index in [0.717, 1.165) is 33.6 Å². The number of para-hydroxylation sites is 1. The highest BCUT2D eigenvalue weighted by atomic mass is 32.1. The Labute approximate surface area is 167 Å². The van der Waals surface area contributed by atoms with Crippen molar-refractivity contribution in [1.82, 2.24) is 9.97 Å². The molecule has 4 aromatic rings. The van der Waals surface area contributed by atoms with Crippen LogP contribution in [0.2, 0.25) is 0 Å². The number of thiophene rings is 1. The largest absolute Gasteiger partial charge is 0.507 e. The van der Waals surface area contributed by atoms with Gasteiger partial charge in [-0.2, -0.15) is 0 Å². The second kappa shape index (κ2) is 7.96. The molecule has 0 bridgehead atoms. The smallest absolute Gasteiger partial charge is 0.165 e. The molecule has 0 radical (unpaired) electrons. The molecule has 0 spiro atoms. The number of phenolic OH excluding ortho intramolecular Hbond substituents is 1. The Morgan fingerprint density at radius 3 is 2.75 bits per heavy atom. The zero-order chi connectivity index (χ0) is 19.5. The van der Waals surface area contributed by atoms with Gasteiger partial charge in [-0.05, 0) is 53.8 Å². The van der Waals surface area contributed by atoms with E-state index in [1.54, 1.807) is 17.4 Å². The maximum absolute atomic E-state index is 10.5. The van der Waals surface area contributed by atoms with Crippen molar-refractivity contribution in [3.8, 4) is 27.6 Å². The number of nitrogens with two attached hydrogens (primary N) is 1. The summed E-state index contributed by atoms with van der Waals surface area (Å²) in [5.74, 6) is 1.37. The summed E-state index contributed by atoms with van der Waals surface area (Å²) >= 11 is 1.66. The number of hydrogen-bond donors (Lipinski definition) is 3. The normalized spacial score (nSPS) is 12.2. The van der Waals surface area contributed by atoms with Crippen LogP contribution in [-0.2, 0) is 0 Å². The van der Waals surface area contributed by atoms with Gasteiger partial charge in [0.05, 0.1) is 11.1 Å². The van der Waals surface area contributed by atoms with Crippen LogP contribution in [-0.4, -0.2) is 27.7 Å². The quantitative estimate of drug-likeness (QED) is 0.437. The molecule has 2 aromatic carbocycles. The number of aromatic hydroxyl groups is 1. The lowest BCUT2D eigenvalue weighted by Gasteiger charge is -2.14. The molecule has 142 valence electrons. The van der Waals surface area contributed by atoms with Crippen LogP contribution in [0.25, 0.3) is 32.7 Å². The Hall–Kier alpha value is -2.96. The Kier molecular flexibility index (Phi) is 5.23. The maximum Gasteiger partial charge on any atom is 0.165 e. The number of nitrogens with zero attached hydrogens (tertiary/aromatic N) is 2. The fourth-order valence-corrected chi connectivity index (χ4v) is 3.74. The van der Waals surface area contributed by atoms with Crippen LogP contribution in [0.3, 0.4) is 0 Å². The molecule has 0 saturated carbocycles. The van der Waals surface area contributed by atoms with Crippen molar-refractivity contribution < 1.29 is 5.11 Å². The number of anilines is 1. The fraction of sp³-hybridized carbons (Fsp3) is 0.182. The van der Waals surface area contributed by atoms with E-state index in [1.165, 1.54) is 0 Å². The zero-order valence-corrected chi connectivity index (χ0v) is 16.4. The van der Waals surface area contributed by atoms with Crippen molar-refractivity contribution in [2.75, 3.05) is 11.9 Å². The van der Waals surface area contributed by atoms with Gasteiger partial charge < -0.3 is 16.2 Å². The third-order valence-electron chi connectivity index (χ3n) is 4.70. The van der Waals surface area contributed by atoms with Crippen molar-refractivity contribution in [3.63, 3.8) is 0 Å². The monoisotopic (exact) mass is 390 g/mol. The van der Waals surface area contributed by atoms with Crippen LogP contribution in [0.4, 0.5) is 5.82 Å². The van der Waals surface area contributed by atoms with Crippen LogP contribution in [0, 0.1) is 0 Å². The molecule has 0 saturated heterocycles. The van der Waals surface area contributed by atoms with Gasteiger partial charge in [-0.1, -0.05) is 25.1 Å². The van der Waals surface area contributed by atoms with Crippen molar-refractivity contribution >= 4 is 28.1 Å². The number of benzene rings is 2. The van der Waals surface area contributed by atoms with Crippen molar-refractivity contribution in [1.29, 1.82) is 0 Å². The molecule has 2 aromatic heterocycles. The van der Waals surface area contributed by atoms with Gasteiger partial charge in [0.25, 0.3) is 0 Å². The summed E-state index contributed by atoms with van der Waals surface area (Å²) < 4.78 is 0. The van der Waals surface area contributed by atoms with Gasteiger partial charge in [0, 0.05) is 22.8 Å². The van der Waals surface area contributed by atoms with Gasteiger partial charge in [-0.3, -0.25) is 0 Å². The van der Waals surface area contributed by atoms with Gasteiger partial charge in [0.1, 0.15) is 11.6 Å². The molecule has 0 aliphatic rings. The summed E-state index contributed by atoms with van der Waals surface area (Å²) in [5, 5.41) is 16.8. The van der Waals surface area contributed by atoms with Crippen LogP contribution in [0.5, 0.6) is 5.75 Å². The predicted molar refractivity (Wildman–Crippen MR) is 117 cm³/mol. The maximum atomic E-state index is 10.5. The SMILES string of the molecule is CC[C@@H](N)CNc1nc(-c2cc(-c3cccs3)ccc2O)nc2ccccc12. The van der Waals surface area contributed by atoms with Crippen molar-refractivity contribution in [3.05, 3.63) is 60.0 Å². The molecule has 6 heteroatoms. The summed E-state index contributed by atoms with van der Waals surface area (Å²) in [6, 6.07) is 17.5. The molecule has 1 atom stereocenters. The van der Waals surface area contributed by atoms with Crippen LogP contribution in [0.1, 0.15) is 13.3 Å². The lowest BCUT2D eigenvalue weighted by atomic mass is 10.1. The third kappa shape index (κ3) is 3.69. The first kappa shape index (κ1) is 18.4. The molecule has 0 fully saturated rings. The second-order valence-electron chi connectivity index (χ2n) is 6.67. The highest BCUT2D eigenvalue weighted by molar-refractivity contribution is 7.13. The highest BCUT2D eigenvalue weighted by Gasteiger charge is 2.14. The van der Waals surface area contributed by atoms with Crippen LogP contribution >= 0.6 is 11.3 Å². The predicted octanol–water partition coefficient (Wildman–Crippen LogP) is 4.88. The molecular formula is C22H22N4OS. The number of hydrogen-bond acceptors (Lipinski definition) is 6. The lowest BCUT2D eigenvalue weighted by molar-refractivity contribution is 0.477. The van der Waals surface area contributed by atoms with E-state index < -0.39 is 0 Å². The minimum absolute atomic E-state index is 0.0488. The van der Waals surface area contributed by atoms with E-state index in [2.05, 4.69) is 18.3 Å². The van der Waals surface area contributed by atoms with E-state index in [4.69, 9.17) is 15.7 Å². The van der Waals surface area contributed by atoms with Crippen molar-refractivity contribution in [2.24, 2.45) is 5.73 Å². The van der Waals surface area contributed by atoms with Gasteiger partial charge >= 0.3 is 0 Å². The minimum atomic E-state index is 0.0488. The van der Waals surface area contributed by atoms with Gasteiger partial charge in [-0.15, -0.1) is 11.3 Å². The first-order valence-electron chi connectivity index (χ1n) is 9.29. The average molecular weight is 391 g/mol. The number of phenols is 1. The number of aromatic nitrogens is 2. The summed E-state index contributed by atoms with van der Waals surface area (Å²) in [6.45, 7) is 2.68. The first-order valence-corrected chi connectivity index (χ1v) is 10.2. The molecule has 2 heterocycles. The molecule has 0 amide bonds. The molecule has 4 N–H and O–H groups in total. The number of nitrogens with one attached hydrogen (secondary N) is 1. The standard InChI is InChI=1S/C22H22N4OS/c1-2-15(23)13-24-21-16-6-3-4-7-18(16)25-22(26-21)17-12-14(9-10-19(17)27)20-8-5-11-28-20/h3-12,15,27H,2,13,23H2,1H3,(H,24,25,26)/t15-/m1/s1. The first-order chi connectivity index (χ1) is 13.7. The lowest BCUT2D eigenvalue weighted by Crippen LogP contribution is -2.28. The van der Waals surface area contributed by atoms with Crippen LogP contribution in [0.15, 0.2) is 60.0 Å². The fourth-order valence-electron chi connectivity index (χ4n) is 3.02. The molecule has 0 aliphatic heterocycles. The molecule has 4 rings (SSSR count). The molecule has 5 nitrogen and oxygen atoms in total. The Morgan fingerprint density at radius 2 is 1.96 bits per heavy atom. The Morgan fingerprint density at radius 1 is 1.11 bits per heavy atom. The third-order valence-corrected chi connectivity index (χ3v) is 5.62. The Bertz CT molecular complexity index is 1100. The van der Waals surface area contributed by atoms with Gasteiger partial charge in [0.2, 0.25) is 0 Å². The van der Waals surface area contributed by atoms with E-state index in [-0.39, 0.29) is 11.8 Å². The average Bonchev–Trinajstić information content (AvgIpc) is 3.26. The highest BCUT2D eigenvalue weighted by Crippen LogP contribution is 2.35. The van der Waals surface area contributed by atoms with E-state index in [0.29, 0.717) is 17.9 Å². The van der Waals surface area contributed by atoms with Gasteiger partial charge in [-0.25, -0.2) is 9.97 Å². The van der Waals surface area contributed by atoms with E-state index in [1.807, 2.05) is 47.8 Å². The van der Waals surface area contributed by atoms with E-state index in [9.17, 15) is 5.11 Å². The summed E-state index contributed by atoms with van der Waals surface area (Å²) in [5.41, 5.74) is 8.53. The van der Waals surface area contributed by atoms with Gasteiger partial charge in [0.15, 0.2) is 5.82 Å². The molecular weight excluding hydrogens is 368 g/mol. The summed E-state index contributed by atoms with van der Waals surface area (Å²) in [4.78, 5) is 10.6. The second-order valence-corrected chi connectivity index (χ2v) is 7.62.